The first-order chi connectivity index (χ1) is 16.9. The van der Waals surface area contributed by atoms with Crippen LogP contribution in [0, 0.1) is 5.82 Å². The van der Waals surface area contributed by atoms with Gasteiger partial charge in [-0.15, -0.1) is 0 Å². The van der Waals surface area contributed by atoms with Crippen LogP contribution >= 0.6 is 0 Å². The first-order valence-corrected chi connectivity index (χ1v) is 12.1. The summed E-state index contributed by atoms with van der Waals surface area (Å²) < 4.78 is 13.4. The van der Waals surface area contributed by atoms with Crippen molar-refractivity contribution in [2.75, 3.05) is 18.0 Å². The summed E-state index contributed by atoms with van der Waals surface area (Å²) in [5, 5.41) is 4.78. The van der Waals surface area contributed by atoms with E-state index in [4.69, 9.17) is 0 Å². The van der Waals surface area contributed by atoms with Crippen LogP contribution < -0.4 is 10.2 Å². The van der Waals surface area contributed by atoms with Gasteiger partial charge in [0.15, 0.2) is 0 Å². The summed E-state index contributed by atoms with van der Waals surface area (Å²) in [4.78, 5) is 42.4. The van der Waals surface area contributed by atoms with E-state index >= 15 is 0 Å². The van der Waals surface area contributed by atoms with E-state index in [0.29, 0.717) is 31.5 Å². The van der Waals surface area contributed by atoms with Crippen LogP contribution in [0.4, 0.5) is 10.1 Å². The van der Waals surface area contributed by atoms with E-state index in [1.165, 1.54) is 12.1 Å². The van der Waals surface area contributed by atoms with Gasteiger partial charge in [0, 0.05) is 37.0 Å². The number of carbonyl (C=O) groups excluding carboxylic acids is 3. The summed E-state index contributed by atoms with van der Waals surface area (Å²) in [6.45, 7) is 4.79. The molecule has 0 radical (unpaired) electrons. The van der Waals surface area contributed by atoms with Crippen molar-refractivity contribution in [3.63, 3.8) is 0 Å². The molecule has 3 amide bonds. The minimum Gasteiger partial charge on any atom is -0.355 e. The number of hydrogen-bond acceptors (Lipinski definition) is 3. The van der Waals surface area contributed by atoms with Crippen LogP contribution in [0.3, 0.4) is 0 Å². The largest absolute Gasteiger partial charge is 0.355 e. The van der Waals surface area contributed by atoms with Crippen LogP contribution in [0.1, 0.15) is 49.0 Å². The van der Waals surface area contributed by atoms with E-state index in [2.05, 4.69) is 5.32 Å². The Kier molecular flexibility index (Phi) is 7.44. The Bertz CT molecular complexity index is 1240. The molecule has 0 unspecified atom stereocenters. The molecule has 0 saturated carbocycles. The number of nitrogens with one attached hydrogen (secondary N) is 1. The summed E-state index contributed by atoms with van der Waals surface area (Å²) in [6.07, 6.45) is 1.11. The van der Waals surface area contributed by atoms with Crippen LogP contribution in [0.2, 0.25) is 0 Å². The molecule has 35 heavy (non-hydrogen) atoms. The van der Waals surface area contributed by atoms with Gasteiger partial charge >= 0.3 is 0 Å². The fourth-order valence-electron chi connectivity index (χ4n) is 4.73. The summed E-state index contributed by atoms with van der Waals surface area (Å²) in [7, 11) is 0. The molecule has 0 saturated heterocycles. The molecule has 3 aromatic carbocycles. The maximum atomic E-state index is 13.4. The molecule has 1 heterocycles. The zero-order chi connectivity index (χ0) is 24.9. The monoisotopic (exact) mass is 475 g/mol. The maximum Gasteiger partial charge on any atom is 0.258 e. The van der Waals surface area contributed by atoms with Crippen molar-refractivity contribution in [1.29, 1.82) is 0 Å². The topological polar surface area (TPSA) is 69.7 Å². The highest BCUT2D eigenvalue weighted by molar-refractivity contribution is 6.25. The van der Waals surface area contributed by atoms with Gasteiger partial charge in [0.05, 0.1) is 5.69 Å². The molecule has 1 aliphatic rings. The second-order valence-corrected chi connectivity index (χ2v) is 8.71. The van der Waals surface area contributed by atoms with Crippen LogP contribution in [-0.4, -0.2) is 41.8 Å². The summed E-state index contributed by atoms with van der Waals surface area (Å²) in [5.41, 5.74) is 2.30. The number of halogens is 1. The Balaban J connectivity index is 1.48. The number of rotatable bonds is 10. The molecule has 3 aromatic rings. The van der Waals surface area contributed by atoms with E-state index in [9.17, 15) is 18.8 Å². The molecular formula is C28H30FN3O3. The van der Waals surface area contributed by atoms with Gasteiger partial charge in [-0.05, 0) is 55.0 Å². The van der Waals surface area contributed by atoms with E-state index in [1.54, 1.807) is 21.9 Å². The number of hydrogen-bond donors (Lipinski definition) is 1. The number of amides is 3. The van der Waals surface area contributed by atoms with Crippen molar-refractivity contribution in [2.45, 2.75) is 45.7 Å². The Morgan fingerprint density at radius 2 is 1.74 bits per heavy atom. The molecule has 4 rings (SSSR count). The third-order valence-corrected chi connectivity index (χ3v) is 6.42. The van der Waals surface area contributed by atoms with Gasteiger partial charge in [0.2, 0.25) is 11.8 Å². The number of nitrogens with zero attached hydrogens (tertiary/aromatic N) is 2. The van der Waals surface area contributed by atoms with Gasteiger partial charge in [0.1, 0.15) is 11.9 Å². The highest BCUT2D eigenvalue weighted by atomic mass is 19.1. The Morgan fingerprint density at radius 1 is 1.03 bits per heavy atom. The lowest BCUT2D eigenvalue weighted by molar-refractivity contribution is -0.141. The van der Waals surface area contributed by atoms with E-state index in [1.807, 2.05) is 50.2 Å². The molecular weight excluding hydrogens is 445 g/mol. The lowest BCUT2D eigenvalue weighted by Crippen LogP contribution is -2.49. The summed E-state index contributed by atoms with van der Waals surface area (Å²) >= 11 is 0. The SMILES string of the molecule is CCNC(=O)[C@@H](CC)N(Cc1ccc(F)cc1)C(=O)CCCN1C(=O)c2cccc3cccc1c23. The molecule has 7 heteroatoms. The molecule has 0 bridgehead atoms. The summed E-state index contributed by atoms with van der Waals surface area (Å²) in [6, 6.07) is 16.9. The Morgan fingerprint density at radius 3 is 2.43 bits per heavy atom. The predicted molar refractivity (Wildman–Crippen MR) is 135 cm³/mol. The standard InChI is InChI=1S/C28H30FN3O3/c1-3-23(27(34)30-4-2)32(18-19-13-15-21(29)16-14-19)25(33)12-7-17-31-24-11-6-9-20-8-5-10-22(26(20)24)28(31)35/h5-6,8-11,13-16,23H,3-4,7,12,17-18H2,1-2H3,(H,30,34)/t23-/m1/s1. The van der Waals surface area contributed by atoms with Crippen molar-refractivity contribution < 1.29 is 18.8 Å². The Hall–Kier alpha value is -3.74. The van der Waals surface area contributed by atoms with Gasteiger partial charge in [0.25, 0.3) is 5.91 Å². The lowest BCUT2D eigenvalue weighted by Gasteiger charge is -2.31. The highest BCUT2D eigenvalue weighted by Gasteiger charge is 2.31. The van der Waals surface area contributed by atoms with Crippen molar-refractivity contribution in [3.8, 4) is 0 Å². The van der Waals surface area contributed by atoms with Crippen molar-refractivity contribution >= 4 is 34.2 Å². The first-order valence-electron chi connectivity index (χ1n) is 12.1. The van der Waals surface area contributed by atoms with Crippen LogP contribution in [0.15, 0.2) is 60.7 Å². The molecule has 1 N–H and O–H groups in total. The van der Waals surface area contributed by atoms with Gasteiger partial charge in [-0.25, -0.2) is 4.39 Å². The molecule has 182 valence electrons. The number of carbonyl (C=O) groups is 3. The van der Waals surface area contributed by atoms with E-state index in [0.717, 1.165) is 22.0 Å². The van der Waals surface area contributed by atoms with Gasteiger partial charge < -0.3 is 15.1 Å². The average molecular weight is 476 g/mol. The smallest absolute Gasteiger partial charge is 0.258 e. The number of benzene rings is 3. The molecule has 0 aliphatic carbocycles. The second-order valence-electron chi connectivity index (χ2n) is 8.71. The highest BCUT2D eigenvalue weighted by Crippen LogP contribution is 2.37. The van der Waals surface area contributed by atoms with Gasteiger partial charge in [-0.2, -0.15) is 0 Å². The van der Waals surface area contributed by atoms with Crippen molar-refractivity contribution in [1.82, 2.24) is 10.2 Å². The molecule has 1 aliphatic heterocycles. The number of likely N-dealkylation sites (N-methyl/N-ethyl adjacent to an activating group) is 1. The molecule has 0 aromatic heterocycles. The minimum atomic E-state index is -0.626. The van der Waals surface area contributed by atoms with E-state index in [-0.39, 0.29) is 36.5 Å². The third-order valence-electron chi connectivity index (χ3n) is 6.42. The van der Waals surface area contributed by atoms with Crippen LogP contribution in [0.5, 0.6) is 0 Å². The van der Waals surface area contributed by atoms with Crippen molar-refractivity contribution in [3.05, 3.63) is 77.6 Å². The molecule has 6 nitrogen and oxygen atoms in total. The van der Waals surface area contributed by atoms with Crippen molar-refractivity contribution in [2.24, 2.45) is 0 Å². The second kappa shape index (κ2) is 10.7. The average Bonchev–Trinajstić information content (AvgIpc) is 3.13. The molecule has 0 spiro atoms. The third kappa shape index (κ3) is 5.04. The number of anilines is 1. The normalized spacial score (nSPS) is 13.2. The molecule has 0 fully saturated rings. The Labute approximate surface area is 204 Å². The van der Waals surface area contributed by atoms with Crippen LogP contribution in [0.25, 0.3) is 10.8 Å². The fraction of sp³-hybridized carbons (Fsp3) is 0.321. The zero-order valence-electron chi connectivity index (χ0n) is 20.1. The minimum absolute atomic E-state index is 0.0545. The lowest BCUT2D eigenvalue weighted by atomic mass is 10.1. The van der Waals surface area contributed by atoms with Gasteiger partial charge in [-0.3, -0.25) is 14.4 Å². The molecule has 1 atom stereocenters. The first kappa shape index (κ1) is 24.4. The van der Waals surface area contributed by atoms with Gasteiger partial charge in [-0.1, -0.05) is 43.3 Å². The maximum absolute atomic E-state index is 13.4. The predicted octanol–water partition coefficient (Wildman–Crippen LogP) is 4.66. The van der Waals surface area contributed by atoms with E-state index < -0.39 is 6.04 Å². The summed E-state index contributed by atoms with van der Waals surface area (Å²) in [5.74, 6) is -0.785. The quantitative estimate of drug-likeness (QED) is 0.464. The zero-order valence-corrected chi connectivity index (χ0v) is 20.1. The fourth-order valence-corrected chi connectivity index (χ4v) is 4.73. The van der Waals surface area contributed by atoms with Crippen LogP contribution in [-0.2, 0) is 16.1 Å².